The normalized spacial score (nSPS) is 14.5. The van der Waals surface area contributed by atoms with E-state index in [0.29, 0.717) is 17.5 Å². The van der Waals surface area contributed by atoms with Gasteiger partial charge in [0.05, 0.1) is 5.75 Å². The van der Waals surface area contributed by atoms with Crippen molar-refractivity contribution >= 4 is 17.7 Å². The minimum absolute atomic E-state index is 0.0230. The molecule has 3 rings (SSSR count). The number of carbonyl (C=O) groups is 1. The molecule has 2 heterocycles. The van der Waals surface area contributed by atoms with Crippen molar-refractivity contribution in [3.8, 4) is 0 Å². The van der Waals surface area contributed by atoms with Crippen molar-refractivity contribution in [3.05, 3.63) is 41.2 Å². The molecule has 0 saturated heterocycles. The topological polar surface area (TPSA) is 73.9 Å². The lowest BCUT2D eigenvalue weighted by atomic mass is 10.00. The van der Waals surface area contributed by atoms with Crippen molar-refractivity contribution in [1.82, 2.24) is 25.4 Å². The highest BCUT2D eigenvalue weighted by Gasteiger charge is 2.15. The maximum atomic E-state index is 11.8. The van der Waals surface area contributed by atoms with Crippen LogP contribution in [0.4, 0.5) is 0 Å². The number of nitrogens with zero attached hydrogens (tertiary/aromatic N) is 3. The standard InChI is InChI=1S/C16H21N5OS/c1-12-18-16(20-19-12)23-11-15(22)17-7-9-21-8-6-13-4-2-3-5-14(13)10-21/h2-5H,6-11H2,1H3,(H,17,22)(H,18,19,20). The highest BCUT2D eigenvalue weighted by atomic mass is 32.2. The molecule has 0 radical (unpaired) electrons. The predicted octanol–water partition coefficient (Wildman–Crippen LogP) is 1.38. The minimum Gasteiger partial charge on any atom is -0.354 e. The van der Waals surface area contributed by atoms with Crippen LogP contribution in [0.1, 0.15) is 17.0 Å². The van der Waals surface area contributed by atoms with Gasteiger partial charge in [-0.15, -0.1) is 5.10 Å². The van der Waals surface area contributed by atoms with Crippen LogP contribution in [0.25, 0.3) is 0 Å². The Labute approximate surface area is 140 Å². The zero-order valence-electron chi connectivity index (χ0n) is 13.2. The lowest BCUT2D eigenvalue weighted by Gasteiger charge is -2.28. The van der Waals surface area contributed by atoms with Crippen LogP contribution in [0.3, 0.4) is 0 Å². The average Bonchev–Trinajstić information content (AvgIpc) is 2.98. The maximum absolute atomic E-state index is 11.8. The Morgan fingerprint density at radius 3 is 3.00 bits per heavy atom. The molecule has 0 saturated carbocycles. The predicted molar refractivity (Wildman–Crippen MR) is 90.3 cm³/mol. The van der Waals surface area contributed by atoms with Gasteiger partial charge < -0.3 is 5.32 Å². The molecule has 0 unspecified atom stereocenters. The van der Waals surface area contributed by atoms with E-state index < -0.39 is 0 Å². The molecule has 6 nitrogen and oxygen atoms in total. The molecular weight excluding hydrogens is 310 g/mol. The summed E-state index contributed by atoms with van der Waals surface area (Å²) in [5, 5.41) is 10.3. The fourth-order valence-corrected chi connectivity index (χ4v) is 3.34. The van der Waals surface area contributed by atoms with Gasteiger partial charge in [0, 0.05) is 26.2 Å². The quantitative estimate of drug-likeness (QED) is 0.782. The molecule has 2 N–H and O–H groups in total. The molecule has 2 aromatic rings. The second-order valence-electron chi connectivity index (χ2n) is 5.64. The summed E-state index contributed by atoms with van der Waals surface area (Å²) in [6.45, 7) is 5.42. The third-order valence-electron chi connectivity index (χ3n) is 3.87. The smallest absolute Gasteiger partial charge is 0.230 e. The van der Waals surface area contributed by atoms with E-state index in [-0.39, 0.29) is 5.91 Å². The van der Waals surface area contributed by atoms with Gasteiger partial charge in [0.2, 0.25) is 11.1 Å². The van der Waals surface area contributed by atoms with E-state index in [1.165, 1.54) is 22.9 Å². The van der Waals surface area contributed by atoms with Gasteiger partial charge in [0.1, 0.15) is 5.82 Å². The molecule has 1 amide bonds. The summed E-state index contributed by atoms with van der Waals surface area (Å²) >= 11 is 1.35. The van der Waals surface area contributed by atoms with Crippen molar-refractivity contribution in [2.45, 2.75) is 25.0 Å². The van der Waals surface area contributed by atoms with E-state index in [1.54, 1.807) is 0 Å². The molecule has 0 atom stereocenters. The largest absolute Gasteiger partial charge is 0.354 e. The second kappa shape index (κ2) is 7.61. The van der Waals surface area contributed by atoms with E-state index in [1.807, 2.05) is 6.92 Å². The van der Waals surface area contributed by atoms with Crippen LogP contribution in [0.5, 0.6) is 0 Å². The van der Waals surface area contributed by atoms with Crippen molar-refractivity contribution in [3.63, 3.8) is 0 Å². The first kappa shape index (κ1) is 16.0. The number of aromatic nitrogens is 3. The molecule has 0 bridgehead atoms. The average molecular weight is 331 g/mol. The van der Waals surface area contributed by atoms with E-state index in [4.69, 9.17) is 0 Å². The number of thioether (sulfide) groups is 1. The zero-order chi connectivity index (χ0) is 16.1. The van der Waals surface area contributed by atoms with Gasteiger partial charge in [-0.05, 0) is 24.5 Å². The van der Waals surface area contributed by atoms with E-state index in [0.717, 1.165) is 31.9 Å². The first-order valence-electron chi connectivity index (χ1n) is 7.78. The van der Waals surface area contributed by atoms with Crippen LogP contribution in [0, 0.1) is 6.92 Å². The maximum Gasteiger partial charge on any atom is 0.230 e. The van der Waals surface area contributed by atoms with Crippen LogP contribution in [-0.4, -0.2) is 51.4 Å². The third-order valence-corrected chi connectivity index (χ3v) is 4.72. The fraction of sp³-hybridized carbons (Fsp3) is 0.438. The summed E-state index contributed by atoms with van der Waals surface area (Å²) in [5.74, 6) is 1.13. The Morgan fingerprint density at radius 2 is 2.22 bits per heavy atom. The SMILES string of the molecule is Cc1nc(SCC(=O)NCCN2CCc3ccccc3C2)n[nH]1. The van der Waals surface area contributed by atoms with Gasteiger partial charge in [-0.1, -0.05) is 36.0 Å². The van der Waals surface area contributed by atoms with Gasteiger partial charge in [0.25, 0.3) is 0 Å². The van der Waals surface area contributed by atoms with Crippen LogP contribution < -0.4 is 5.32 Å². The van der Waals surface area contributed by atoms with Crippen LogP contribution >= 0.6 is 11.8 Å². The molecule has 7 heteroatoms. The number of aromatic amines is 1. The molecule has 1 aliphatic heterocycles. The molecule has 23 heavy (non-hydrogen) atoms. The monoisotopic (exact) mass is 331 g/mol. The number of aryl methyl sites for hydroxylation is 1. The Balaban J connectivity index is 1.36. The van der Waals surface area contributed by atoms with Gasteiger partial charge in [-0.2, -0.15) is 0 Å². The van der Waals surface area contributed by atoms with Gasteiger partial charge >= 0.3 is 0 Å². The Morgan fingerprint density at radius 1 is 1.39 bits per heavy atom. The van der Waals surface area contributed by atoms with Gasteiger partial charge in [0.15, 0.2) is 0 Å². The fourth-order valence-electron chi connectivity index (χ4n) is 2.67. The van der Waals surface area contributed by atoms with Crippen LogP contribution in [0.2, 0.25) is 0 Å². The summed E-state index contributed by atoms with van der Waals surface area (Å²) in [4.78, 5) is 18.4. The third kappa shape index (κ3) is 4.56. The highest BCUT2D eigenvalue weighted by molar-refractivity contribution is 7.99. The number of carbonyl (C=O) groups excluding carboxylic acids is 1. The number of fused-ring (bicyclic) bond motifs is 1. The number of H-pyrrole nitrogens is 1. The number of rotatable bonds is 6. The first-order chi connectivity index (χ1) is 11.2. The highest BCUT2D eigenvalue weighted by Crippen LogP contribution is 2.17. The van der Waals surface area contributed by atoms with E-state index in [2.05, 4.69) is 49.7 Å². The summed E-state index contributed by atoms with van der Waals surface area (Å²) < 4.78 is 0. The minimum atomic E-state index is 0.0230. The molecule has 0 spiro atoms. The molecule has 0 fully saturated rings. The molecule has 1 aliphatic rings. The summed E-state index contributed by atoms with van der Waals surface area (Å²) in [7, 11) is 0. The van der Waals surface area contributed by atoms with Gasteiger partial charge in [-0.25, -0.2) is 4.98 Å². The summed E-state index contributed by atoms with van der Waals surface area (Å²) in [5.41, 5.74) is 2.85. The Kier molecular flexibility index (Phi) is 5.30. The number of amides is 1. The lowest BCUT2D eigenvalue weighted by Crippen LogP contribution is -2.38. The number of benzene rings is 1. The summed E-state index contributed by atoms with van der Waals surface area (Å²) in [6, 6.07) is 8.58. The van der Waals surface area contributed by atoms with E-state index in [9.17, 15) is 4.79 Å². The van der Waals surface area contributed by atoms with Crippen molar-refractivity contribution < 1.29 is 4.79 Å². The molecular formula is C16H21N5OS. The Hall–Kier alpha value is -1.86. The van der Waals surface area contributed by atoms with Gasteiger partial charge in [-0.3, -0.25) is 14.8 Å². The number of hydrogen-bond acceptors (Lipinski definition) is 5. The van der Waals surface area contributed by atoms with Crippen LogP contribution in [0.15, 0.2) is 29.4 Å². The molecule has 0 aliphatic carbocycles. The van der Waals surface area contributed by atoms with Crippen molar-refractivity contribution in [1.29, 1.82) is 0 Å². The van der Waals surface area contributed by atoms with Crippen molar-refractivity contribution in [2.24, 2.45) is 0 Å². The molecule has 122 valence electrons. The second-order valence-corrected chi connectivity index (χ2v) is 6.58. The lowest BCUT2D eigenvalue weighted by molar-refractivity contribution is -0.118. The molecule has 1 aromatic carbocycles. The first-order valence-corrected chi connectivity index (χ1v) is 8.77. The van der Waals surface area contributed by atoms with E-state index >= 15 is 0 Å². The Bertz CT molecular complexity index is 672. The zero-order valence-corrected chi connectivity index (χ0v) is 14.0. The van der Waals surface area contributed by atoms with Crippen molar-refractivity contribution in [2.75, 3.05) is 25.4 Å². The number of hydrogen-bond donors (Lipinski definition) is 2. The molecule has 1 aromatic heterocycles. The number of nitrogens with one attached hydrogen (secondary N) is 2. The summed E-state index contributed by atoms with van der Waals surface area (Å²) in [6.07, 6.45) is 1.09. The van der Waals surface area contributed by atoms with Crippen LogP contribution in [-0.2, 0) is 17.8 Å².